The minimum absolute atomic E-state index is 0.0276. The lowest BCUT2D eigenvalue weighted by atomic mass is 9.94. The van der Waals surface area contributed by atoms with E-state index in [4.69, 9.17) is 0 Å². The van der Waals surface area contributed by atoms with Gasteiger partial charge in [0.15, 0.2) is 0 Å². The number of carbonyl (C=O) groups excluding carboxylic acids is 1. The van der Waals surface area contributed by atoms with Crippen molar-refractivity contribution in [3.63, 3.8) is 0 Å². The third kappa shape index (κ3) is 12.8. The highest BCUT2D eigenvalue weighted by Gasteiger charge is 2.31. The molecule has 0 spiro atoms. The molecule has 33 heavy (non-hydrogen) atoms. The first-order valence-corrected chi connectivity index (χ1v) is 12.8. The van der Waals surface area contributed by atoms with Gasteiger partial charge in [-0.25, -0.2) is 17.5 Å². The first kappa shape index (κ1) is 29.1. The summed E-state index contributed by atoms with van der Waals surface area (Å²) in [4.78, 5) is 12.3. The van der Waals surface area contributed by atoms with Crippen LogP contribution in [0.15, 0.2) is 30.4 Å². The number of alkyl halides is 3. The van der Waals surface area contributed by atoms with Crippen LogP contribution in [-0.2, 0) is 21.0 Å². The van der Waals surface area contributed by atoms with E-state index in [-0.39, 0.29) is 29.7 Å². The number of carbonyl (C=O) groups is 1. The Bertz CT molecular complexity index is 884. The molecule has 1 rings (SSSR count). The quantitative estimate of drug-likeness (QED) is 0.192. The van der Waals surface area contributed by atoms with Crippen molar-refractivity contribution in [2.75, 3.05) is 17.6 Å². The minimum atomic E-state index is -4.70. The molecule has 0 heterocycles. The Hall–Kier alpha value is -1.94. The number of allylic oxidation sites excluding steroid dienone is 1. The van der Waals surface area contributed by atoms with E-state index < -0.39 is 33.5 Å². The average Bonchev–Trinajstić information content (AvgIpc) is 2.65. The van der Waals surface area contributed by atoms with E-state index in [1.54, 1.807) is 0 Å². The summed E-state index contributed by atoms with van der Waals surface area (Å²) in [5, 5.41) is 2.37. The lowest BCUT2D eigenvalue weighted by Crippen LogP contribution is -2.29. The van der Waals surface area contributed by atoms with E-state index in [9.17, 15) is 30.8 Å². The lowest BCUT2D eigenvalue weighted by Gasteiger charge is -2.16. The first-order chi connectivity index (χ1) is 15.3. The largest absolute Gasteiger partial charge is 0.416 e. The predicted molar refractivity (Wildman–Crippen MR) is 123 cm³/mol. The van der Waals surface area contributed by atoms with Gasteiger partial charge in [0.1, 0.15) is 5.82 Å². The number of halogens is 4. The number of anilines is 1. The zero-order chi connectivity index (χ0) is 25.1. The Morgan fingerprint density at radius 2 is 1.76 bits per heavy atom. The first-order valence-electron chi connectivity index (χ1n) is 11.1. The van der Waals surface area contributed by atoms with E-state index in [0.29, 0.717) is 37.9 Å². The molecule has 1 atom stereocenters. The van der Waals surface area contributed by atoms with Crippen LogP contribution in [0.1, 0.15) is 64.9 Å². The Kier molecular flexibility index (Phi) is 12.1. The van der Waals surface area contributed by atoms with Gasteiger partial charge in [0.25, 0.3) is 0 Å². The van der Waals surface area contributed by atoms with Crippen LogP contribution < -0.4 is 10.0 Å². The van der Waals surface area contributed by atoms with Gasteiger partial charge in [-0.2, -0.15) is 13.2 Å². The monoisotopic (exact) mass is 494 g/mol. The van der Waals surface area contributed by atoms with E-state index in [1.807, 2.05) is 32.9 Å². The number of hydrogen-bond donors (Lipinski definition) is 2. The van der Waals surface area contributed by atoms with Gasteiger partial charge in [0, 0.05) is 18.7 Å². The summed E-state index contributed by atoms with van der Waals surface area (Å²) in [7, 11) is -3.26. The number of hydrogen-bond acceptors (Lipinski definition) is 3. The summed E-state index contributed by atoms with van der Waals surface area (Å²) in [6.45, 7) is 5.97. The molecular formula is C23H34F4N2O3S. The van der Waals surface area contributed by atoms with Crippen molar-refractivity contribution in [1.82, 2.24) is 4.72 Å². The van der Waals surface area contributed by atoms with Crippen LogP contribution >= 0.6 is 0 Å². The second-order valence-electron chi connectivity index (χ2n) is 8.54. The van der Waals surface area contributed by atoms with Crippen molar-refractivity contribution in [1.29, 1.82) is 0 Å². The number of amides is 1. The van der Waals surface area contributed by atoms with Crippen LogP contribution in [0.4, 0.5) is 23.2 Å². The third-order valence-electron chi connectivity index (χ3n) is 4.77. The molecule has 1 aromatic carbocycles. The van der Waals surface area contributed by atoms with Gasteiger partial charge in [-0.15, -0.1) is 0 Å². The van der Waals surface area contributed by atoms with Crippen molar-refractivity contribution in [3.8, 4) is 0 Å². The fraction of sp³-hybridized carbons (Fsp3) is 0.609. The summed E-state index contributed by atoms with van der Waals surface area (Å²) < 4.78 is 78.1. The van der Waals surface area contributed by atoms with Gasteiger partial charge in [-0.05, 0) is 49.3 Å². The van der Waals surface area contributed by atoms with E-state index >= 15 is 0 Å². The Labute approximate surface area is 194 Å². The molecule has 0 saturated carbocycles. The number of rotatable bonds is 14. The van der Waals surface area contributed by atoms with Crippen LogP contribution in [0.2, 0.25) is 0 Å². The minimum Gasteiger partial charge on any atom is -0.326 e. The molecule has 2 N–H and O–H groups in total. The van der Waals surface area contributed by atoms with Gasteiger partial charge in [0.2, 0.25) is 15.9 Å². The van der Waals surface area contributed by atoms with E-state index in [2.05, 4.69) is 10.0 Å². The standard InChI is InChI=1S/C23H34F4N2O3S/c1-4-9-18(10-7-5-6-8-11-28-33(31,32)16-17(2)3)12-22(30)29-21-14-19(23(25,26)27)13-20(24)15-21/h5-6,13-15,17-18,28H,4,7-12,16H2,1-3H3,(H,29,30)/b6-5+. The molecule has 0 radical (unpaired) electrons. The highest BCUT2D eigenvalue weighted by atomic mass is 32.2. The summed E-state index contributed by atoms with van der Waals surface area (Å²) in [5.74, 6) is -1.36. The molecule has 5 nitrogen and oxygen atoms in total. The lowest BCUT2D eigenvalue weighted by molar-refractivity contribution is -0.137. The van der Waals surface area contributed by atoms with Crippen LogP contribution in [0.5, 0.6) is 0 Å². The molecule has 10 heteroatoms. The average molecular weight is 495 g/mol. The molecule has 0 aromatic heterocycles. The second-order valence-corrected chi connectivity index (χ2v) is 10.4. The molecule has 0 bridgehead atoms. The molecule has 1 amide bonds. The summed E-state index contributed by atoms with van der Waals surface area (Å²) >= 11 is 0. The van der Waals surface area contributed by atoms with Gasteiger partial charge in [0.05, 0.1) is 11.3 Å². The number of sulfonamides is 1. The van der Waals surface area contributed by atoms with E-state index in [0.717, 1.165) is 18.9 Å². The number of benzene rings is 1. The molecular weight excluding hydrogens is 460 g/mol. The van der Waals surface area contributed by atoms with Crippen LogP contribution in [0, 0.1) is 17.7 Å². The fourth-order valence-corrected chi connectivity index (χ4v) is 4.84. The van der Waals surface area contributed by atoms with Crippen molar-refractivity contribution in [2.45, 2.75) is 65.5 Å². The van der Waals surface area contributed by atoms with Crippen molar-refractivity contribution < 1.29 is 30.8 Å². The van der Waals surface area contributed by atoms with Crippen molar-refractivity contribution in [2.24, 2.45) is 11.8 Å². The molecule has 0 aliphatic carbocycles. The van der Waals surface area contributed by atoms with Gasteiger partial charge < -0.3 is 5.32 Å². The van der Waals surface area contributed by atoms with Gasteiger partial charge in [-0.3, -0.25) is 4.79 Å². The predicted octanol–water partition coefficient (Wildman–Crippen LogP) is 5.89. The van der Waals surface area contributed by atoms with Crippen LogP contribution in [0.25, 0.3) is 0 Å². The maximum atomic E-state index is 13.5. The Balaban J connectivity index is 2.50. The summed E-state index contributed by atoms with van der Waals surface area (Å²) in [6.07, 6.45) is 2.79. The second kappa shape index (κ2) is 13.7. The zero-order valence-corrected chi connectivity index (χ0v) is 20.2. The normalized spacial score (nSPS) is 13.6. The van der Waals surface area contributed by atoms with Gasteiger partial charge >= 0.3 is 6.18 Å². The molecule has 188 valence electrons. The molecule has 0 aliphatic rings. The SMILES string of the molecule is CCCC(CC/C=C/CCNS(=O)(=O)CC(C)C)CC(=O)Nc1cc(F)cc(C(F)(F)F)c1. The molecule has 0 aliphatic heterocycles. The highest BCUT2D eigenvalue weighted by molar-refractivity contribution is 7.89. The maximum Gasteiger partial charge on any atom is 0.416 e. The smallest absolute Gasteiger partial charge is 0.326 e. The summed E-state index contributed by atoms with van der Waals surface area (Å²) in [5.41, 5.74) is -1.37. The topological polar surface area (TPSA) is 75.3 Å². The van der Waals surface area contributed by atoms with Crippen LogP contribution in [0.3, 0.4) is 0 Å². The third-order valence-corrected chi connectivity index (χ3v) is 6.52. The molecule has 1 unspecified atom stereocenters. The highest BCUT2D eigenvalue weighted by Crippen LogP contribution is 2.32. The van der Waals surface area contributed by atoms with E-state index in [1.165, 1.54) is 0 Å². The zero-order valence-electron chi connectivity index (χ0n) is 19.3. The van der Waals surface area contributed by atoms with Gasteiger partial charge in [-0.1, -0.05) is 45.8 Å². The maximum absolute atomic E-state index is 13.5. The molecule has 1 aromatic rings. The van der Waals surface area contributed by atoms with Crippen molar-refractivity contribution >= 4 is 21.6 Å². The van der Waals surface area contributed by atoms with Crippen molar-refractivity contribution in [3.05, 3.63) is 41.7 Å². The Morgan fingerprint density at radius 3 is 2.36 bits per heavy atom. The Morgan fingerprint density at radius 1 is 1.09 bits per heavy atom. The molecule has 0 fully saturated rings. The molecule has 0 saturated heterocycles. The van der Waals surface area contributed by atoms with Crippen LogP contribution in [-0.4, -0.2) is 26.6 Å². The number of nitrogens with one attached hydrogen (secondary N) is 2. The fourth-order valence-electron chi connectivity index (χ4n) is 3.42. The summed E-state index contributed by atoms with van der Waals surface area (Å²) in [6, 6.07) is 1.96.